The number of hydrogen-bond donors (Lipinski definition) is 3. The van der Waals surface area contributed by atoms with Gasteiger partial charge in [-0.2, -0.15) is 0 Å². The molecule has 0 bridgehead atoms. The molecule has 4 rings (SSSR count). The Bertz CT molecular complexity index is 790. The number of carbonyl (C=O) groups excluding carboxylic acids is 1. The molecule has 2 unspecified atom stereocenters. The highest BCUT2D eigenvalue weighted by Gasteiger charge is 2.33. The summed E-state index contributed by atoms with van der Waals surface area (Å²) in [6.45, 7) is 2.03. The van der Waals surface area contributed by atoms with Crippen LogP contribution in [0.2, 0.25) is 0 Å². The normalized spacial score (nSPS) is 22.3. The van der Waals surface area contributed by atoms with Gasteiger partial charge in [-0.05, 0) is 30.5 Å². The number of fused-ring (bicyclic) bond motifs is 1. The number of nitrogens with zero attached hydrogens (tertiary/aromatic N) is 3. The largest absolute Gasteiger partial charge is 0.355 e. The van der Waals surface area contributed by atoms with Crippen molar-refractivity contribution < 1.29 is 9.18 Å². The van der Waals surface area contributed by atoms with Gasteiger partial charge in [-0.1, -0.05) is 18.6 Å². The van der Waals surface area contributed by atoms with Crippen LogP contribution >= 0.6 is 0 Å². The molecule has 2 atom stereocenters. The van der Waals surface area contributed by atoms with E-state index >= 15 is 0 Å². The summed E-state index contributed by atoms with van der Waals surface area (Å²) in [6, 6.07) is 6.09. The third-order valence-corrected chi connectivity index (χ3v) is 5.38. The summed E-state index contributed by atoms with van der Waals surface area (Å²) >= 11 is 0. The van der Waals surface area contributed by atoms with E-state index < -0.39 is 0 Å². The van der Waals surface area contributed by atoms with Crippen LogP contribution in [-0.2, 0) is 24.2 Å². The highest BCUT2D eigenvalue weighted by molar-refractivity contribution is 5.80. The smallest absolute Gasteiger partial charge is 0.226 e. The van der Waals surface area contributed by atoms with Crippen molar-refractivity contribution in [1.29, 1.82) is 0 Å². The zero-order valence-corrected chi connectivity index (χ0v) is 15.2. The topological polar surface area (TPSA) is 83.9 Å². The van der Waals surface area contributed by atoms with Crippen LogP contribution in [0.25, 0.3) is 0 Å². The zero-order valence-electron chi connectivity index (χ0n) is 15.2. The van der Waals surface area contributed by atoms with E-state index in [0.717, 1.165) is 36.6 Å². The summed E-state index contributed by atoms with van der Waals surface area (Å²) in [5.41, 5.74) is 7.05. The molecule has 0 aliphatic carbocycles. The average Bonchev–Trinajstić information content (AvgIpc) is 3.24. The van der Waals surface area contributed by atoms with Crippen molar-refractivity contribution >= 4 is 5.91 Å². The zero-order chi connectivity index (χ0) is 18.6. The quantitative estimate of drug-likeness (QED) is 0.736. The fourth-order valence-electron chi connectivity index (χ4n) is 3.89. The second kappa shape index (κ2) is 8.14. The monoisotopic (exact) mass is 372 g/mol. The Labute approximate surface area is 157 Å². The highest BCUT2D eigenvalue weighted by Crippen LogP contribution is 2.25. The average molecular weight is 372 g/mol. The highest BCUT2D eigenvalue weighted by atomic mass is 19.1. The molecule has 1 saturated heterocycles. The Kier molecular flexibility index (Phi) is 5.45. The molecule has 7 nitrogen and oxygen atoms in total. The van der Waals surface area contributed by atoms with Crippen LogP contribution in [0.4, 0.5) is 4.39 Å². The summed E-state index contributed by atoms with van der Waals surface area (Å²) in [4.78, 5) is 12.7. The van der Waals surface area contributed by atoms with E-state index in [9.17, 15) is 9.18 Å². The van der Waals surface area contributed by atoms with Gasteiger partial charge in [-0.3, -0.25) is 10.2 Å². The Morgan fingerprint density at radius 2 is 2.07 bits per heavy atom. The molecule has 1 aromatic carbocycles. The minimum Gasteiger partial charge on any atom is -0.355 e. The molecule has 0 saturated carbocycles. The molecular weight excluding hydrogens is 347 g/mol. The molecule has 2 aliphatic rings. The molecule has 27 heavy (non-hydrogen) atoms. The third-order valence-electron chi connectivity index (χ3n) is 5.38. The van der Waals surface area contributed by atoms with Crippen LogP contribution in [0.1, 0.15) is 42.5 Å². The second-order valence-corrected chi connectivity index (χ2v) is 7.20. The standard InChI is InChI=1S/C19H25FN6O/c20-14-7-5-13(6-8-14)18-15(12-22-25-18)19(27)21-10-9-17-24-23-16-4-2-1-3-11-26(16)17/h5-8,15,18,22,25H,1-4,9-12H2,(H,21,27). The van der Waals surface area contributed by atoms with Crippen molar-refractivity contribution in [3.63, 3.8) is 0 Å². The molecule has 1 amide bonds. The number of amides is 1. The molecule has 8 heteroatoms. The number of carbonyl (C=O) groups is 1. The van der Waals surface area contributed by atoms with Gasteiger partial charge in [0.05, 0.1) is 12.0 Å². The maximum absolute atomic E-state index is 13.1. The number of hydrazine groups is 1. The predicted octanol–water partition coefficient (Wildman–Crippen LogP) is 1.27. The number of aryl methyl sites for hydroxylation is 1. The van der Waals surface area contributed by atoms with Gasteiger partial charge in [0.15, 0.2) is 0 Å². The minimum atomic E-state index is -0.279. The van der Waals surface area contributed by atoms with Crippen molar-refractivity contribution in [2.45, 2.75) is 44.7 Å². The Morgan fingerprint density at radius 3 is 2.93 bits per heavy atom. The second-order valence-electron chi connectivity index (χ2n) is 7.20. The van der Waals surface area contributed by atoms with E-state index in [1.54, 1.807) is 12.1 Å². The summed E-state index contributed by atoms with van der Waals surface area (Å²) in [5.74, 6) is 1.47. The lowest BCUT2D eigenvalue weighted by atomic mass is 9.94. The number of rotatable bonds is 5. The van der Waals surface area contributed by atoms with Crippen LogP contribution in [0.15, 0.2) is 24.3 Å². The summed E-state index contributed by atoms with van der Waals surface area (Å²) in [6.07, 6.45) is 5.21. The van der Waals surface area contributed by atoms with E-state index in [2.05, 4.69) is 30.9 Å². The first kappa shape index (κ1) is 18.1. The minimum absolute atomic E-state index is 0.0163. The maximum Gasteiger partial charge on any atom is 0.226 e. The molecular formula is C19H25FN6O. The summed E-state index contributed by atoms with van der Waals surface area (Å²) in [5, 5.41) is 11.6. The van der Waals surface area contributed by atoms with E-state index in [1.165, 1.54) is 25.0 Å². The van der Waals surface area contributed by atoms with Crippen molar-refractivity contribution in [2.75, 3.05) is 13.1 Å². The van der Waals surface area contributed by atoms with Gasteiger partial charge < -0.3 is 9.88 Å². The first-order valence-electron chi connectivity index (χ1n) is 9.65. The van der Waals surface area contributed by atoms with Crippen LogP contribution in [0.5, 0.6) is 0 Å². The number of aromatic nitrogens is 3. The fourth-order valence-corrected chi connectivity index (χ4v) is 3.89. The van der Waals surface area contributed by atoms with Crippen LogP contribution in [-0.4, -0.2) is 33.8 Å². The number of benzene rings is 1. The Hall–Kier alpha value is -2.32. The third kappa shape index (κ3) is 4.01. The molecule has 0 radical (unpaired) electrons. The van der Waals surface area contributed by atoms with E-state index in [1.807, 2.05) is 0 Å². The number of halogens is 1. The van der Waals surface area contributed by atoms with Crippen molar-refractivity contribution in [1.82, 2.24) is 30.9 Å². The van der Waals surface area contributed by atoms with Gasteiger partial charge in [0.1, 0.15) is 17.5 Å². The molecule has 3 N–H and O–H groups in total. The molecule has 2 aliphatic heterocycles. The van der Waals surface area contributed by atoms with Crippen molar-refractivity contribution in [2.24, 2.45) is 5.92 Å². The summed E-state index contributed by atoms with van der Waals surface area (Å²) in [7, 11) is 0. The lowest BCUT2D eigenvalue weighted by molar-refractivity contribution is -0.124. The molecule has 3 heterocycles. The van der Waals surface area contributed by atoms with Gasteiger partial charge in [0.25, 0.3) is 0 Å². The van der Waals surface area contributed by atoms with Crippen molar-refractivity contribution in [3.8, 4) is 0 Å². The Morgan fingerprint density at radius 1 is 1.22 bits per heavy atom. The molecule has 1 aromatic heterocycles. The van der Waals surface area contributed by atoms with E-state index in [4.69, 9.17) is 0 Å². The van der Waals surface area contributed by atoms with Crippen molar-refractivity contribution in [3.05, 3.63) is 47.3 Å². The van der Waals surface area contributed by atoms with Gasteiger partial charge in [-0.15, -0.1) is 10.2 Å². The van der Waals surface area contributed by atoms with Gasteiger partial charge >= 0.3 is 0 Å². The van der Waals surface area contributed by atoms with Crippen LogP contribution in [0.3, 0.4) is 0 Å². The fraction of sp³-hybridized carbons (Fsp3) is 0.526. The first-order valence-corrected chi connectivity index (χ1v) is 9.65. The molecule has 1 fully saturated rings. The van der Waals surface area contributed by atoms with Crippen LogP contribution in [0, 0.1) is 11.7 Å². The van der Waals surface area contributed by atoms with E-state index in [0.29, 0.717) is 19.5 Å². The Balaban J connectivity index is 1.34. The van der Waals surface area contributed by atoms with Gasteiger partial charge in [-0.25, -0.2) is 9.82 Å². The lowest BCUT2D eigenvalue weighted by Gasteiger charge is -2.18. The molecule has 2 aromatic rings. The summed E-state index contributed by atoms with van der Waals surface area (Å²) < 4.78 is 15.4. The molecule has 0 spiro atoms. The number of hydrogen-bond acceptors (Lipinski definition) is 5. The van der Waals surface area contributed by atoms with E-state index in [-0.39, 0.29) is 23.7 Å². The molecule has 144 valence electrons. The lowest BCUT2D eigenvalue weighted by Crippen LogP contribution is -2.36. The first-order chi connectivity index (χ1) is 13.2. The number of nitrogens with one attached hydrogen (secondary N) is 3. The van der Waals surface area contributed by atoms with Gasteiger partial charge in [0.2, 0.25) is 5.91 Å². The SMILES string of the molecule is O=C(NCCc1nnc2n1CCCCC2)C1CNNC1c1ccc(F)cc1. The van der Waals surface area contributed by atoms with Gasteiger partial charge in [0, 0.05) is 32.5 Å². The maximum atomic E-state index is 13.1. The predicted molar refractivity (Wildman–Crippen MR) is 98.1 cm³/mol. The van der Waals surface area contributed by atoms with Crippen LogP contribution < -0.4 is 16.2 Å².